The molecule has 4 amide bonds. The van der Waals surface area contributed by atoms with E-state index in [-0.39, 0.29) is 41.6 Å². The van der Waals surface area contributed by atoms with Gasteiger partial charge >= 0.3 is 6.09 Å². The molecular weight excluding hydrogens is 464 g/mol. The smallest absolute Gasteiger partial charge is 0.407 e. The number of alkyl carbamates (subject to hydrolysis) is 1. The molecule has 10 heteroatoms. The van der Waals surface area contributed by atoms with Gasteiger partial charge in [-0.3, -0.25) is 19.2 Å². The standard InChI is InChI=1S/C26H40N4O6/c1-4-36-25(35)29-19(15-8-6-5-7-9-15)24(34)30-13-16-18(26(16,2)3)20(30)23(33)28-17(12-14-10-11-14)21(31)22(27)32/h14-20H,4-13H2,1-3H3,(H2,27,32)(H,28,33)(H,29,35). The van der Waals surface area contributed by atoms with Gasteiger partial charge in [-0.25, -0.2) is 4.79 Å². The van der Waals surface area contributed by atoms with Crippen LogP contribution in [0.5, 0.6) is 0 Å². The average molecular weight is 505 g/mol. The van der Waals surface area contributed by atoms with Gasteiger partial charge in [-0.15, -0.1) is 0 Å². The number of ether oxygens (including phenoxy) is 1. The summed E-state index contributed by atoms with van der Waals surface area (Å²) < 4.78 is 5.08. The lowest BCUT2D eigenvalue weighted by molar-refractivity contribution is -0.144. The minimum Gasteiger partial charge on any atom is -0.450 e. The number of likely N-dealkylation sites (tertiary alicyclic amines) is 1. The predicted octanol–water partition coefficient (Wildman–Crippen LogP) is 1.50. The summed E-state index contributed by atoms with van der Waals surface area (Å²) in [5, 5.41) is 5.56. The first-order chi connectivity index (χ1) is 17.1. The fraction of sp³-hybridized carbons (Fsp3) is 0.808. The number of hydrogen-bond acceptors (Lipinski definition) is 6. The van der Waals surface area contributed by atoms with E-state index in [1.54, 1.807) is 11.8 Å². The third kappa shape index (κ3) is 5.37. The number of carbonyl (C=O) groups is 5. The second-order valence-corrected chi connectivity index (χ2v) is 11.6. The van der Waals surface area contributed by atoms with Crippen molar-refractivity contribution in [3.8, 4) is 0 Å². The van der Waals surface area contributed by atoms with Crippen LogP contribution in [0.4, 0.5) is 4.79 Å². The Balaban J connectivity index is 1.55. The van der Waals surface area contributed by atoms with E-state index in [9.17, 15) is 24.0 Å². The summed E-state index contributed by atoms with van der Waals surface area (Å²) in [5.74, 6) is -2.22. The molecule has 4 aliphatic rings. The van der Waals surface area contributed by atoms with Gasteiger partial charge in [0.15, 0.2) is 0 Å². The van der Waals surface area contributed by atoms with Crippen molar-refractivity contribution >= 4 is 29.6 Å². The number of fused-ring (bicyclic) bond motifs is 1. The van der Waals surface area contributed by atoms with Gasteiger partial charge in [-0.1, -0.05) is 46.0 Å². The van der Waals surface area contributed by atoms with Crippen LogP contribution in [-0.2, 0) is 23.9 Å². The number of hydrogen-bond donors (Lipinski definition) is 3. The first-order valence-electron chi connectivity index (χ1n) is 13.4. The van der Waals surface area contributed by atoms with Crippen molar-refractivity contribution in [3.05, 3.63) is 0 Å². The van der Waals surface area contributed by atoms with Crippen molar-refractivity contribution in [2.45, 2.75) is 90.3 Å². The lowest BCUT2D eigenvalue weighted by atomic mass is 9.83. The molecule has 0 aromatic rings. The Bertz CT molecular complexity index is 910. The summed E-state index contributed by atoms with van der Waals surface area (Å²) in [6.07, 6.45) is 6.35. The van der Waals surface area contributed by atoms with Crippen molar-refractivity contribution in [1.29, 1.82) is 0 Å². The van der Waals surface area contributed by atoms with Gasteiger partial charge in [0.05, 0.1) is 12.6 Å². The number of primary amides is 1. The maximum Gasteiger partial charge on any atom is 0.407 e. The minimum atomic E-state index is -1.07. The number of rotatable bonds is 10. The van der Waals surface area contributed by atoms with E-state index in [4.69, 9.17) is 10.5 Å². The number of nitrogens with zero attached hydrogens (tertiary/aromatic N) is 1. The summed E-state index contributed by atoms with van der Waals surface area (Å²) in [6, 6.07) is -2.52. The van der Waals surface area contributed by atoms with Crippen LogP contribution in [-0.4, -0.2) is 65.8 Å². The third-order valence-electron chi connectivity index (χ3n) is 8.84. The molecule has 0 spiro atoms. The van der Waals surface area contributed by atoms with Crippen molar-refractivity contribution in [3.63, 3.8) is 0 Å². The maximum atomic E-state index is 13.9. The summed E-state index contributed by atoms with van der Waals surface area (Å²) in [5.41, 5.74) is 5.14. The Morgan fingerprint density at radius 3 is 2.28 bits per heavy atom. The normalized spacial score (nSPS) is 28.4. The number of nitrogens with two attached hydrogens (primary N) is 1. The van der Waals surface area contributed by atoms with Gasteiger partial charge in [-0.2, -0.15) is 0 Å². The molecule has 36 heavy (non-hydrogen) atoms. The van der Waals surface area contributed by atoms with Crippen LogP contribution in [0.15, 0.2) is 0 Å². The summed E-state index contributed by atoms with van der Waals surface area (Å²) in [4.78, 5) is 65.6. The molecule has 0 radical (unpaired) electrons. The lowest BCUT2D eigenvalue weighted by Gasteiger charge is -2.37. The SMILES string of the molecule is CCOC(=O)NC(C(=O)N1CC2C(C1C(=O)NC(CC1CC1)C(=O)C(N)=O)C2(C)C)C1CCCCC1. The van der Waals surface area contributed by atoms with Crippen LogP contribution in [0, 0.1) is 29.1 Å². The second kappa shape index (κ2) is 10.4. The van der Waals surface area contributed by atoms with Gasteiger partial charge in [0.25, 0.3) is 5.91 Å². The minimum absolute atomic E-state index is 0.0247. The molecule has 10 nitrogen and oxygen atoms in total. The first-order valence-corrected chi connectivity index (χ1v) is 13.4. The number of Topliss-reactive ketones (excluding diaryl/α,β-unsaturated/α-hetero) is 1. The van der Waals surface area contributed by atoms with Crippen molar-refractivity contribution in [1.82, 2.24) is 15.5 Å². The van der Waals surface area contributed by atoms with Crippen LogP contribution in [0.25, 0.3) is 0 Å². The zero-order valence-electron chi connectivity index (χ0n) is 21.6. The molecule has 1 heterocycles. The maximum absolute atomic E-state index is 13.9. The molecule has 5 unspecified atom stereocenters. The van der Waals surface area contributed by atoms with Gasteiger partial charge in [0.2, 0.25) is 17.6 Å². The summed E-state index contributed by atoms with van der Waals surface area (Å²) in [7, 11) is 0. The quantitative estimate of drug-likeness (QED) is 0.384. The highest BCUT2D eigenvalue weighted by atomic mass is 16.5. The van der Waals surface area contributed by atoms with Gasteiger partial charge in [-0.05, 0) is 55.3 Å². The zero-order valence-corrected chi connectivity index (χ0v) is 21.6. The van der Waals surface area contributed by atoms with Gasteiger partial charge < -0.3 is 26.0 Å². The second-order valence-electron chi connectivity index (χ2n) is 11.6. The van der Waals surface area contributed by atoms with E-state index >= 15 is 0 Å². The molecule has 200 valence electrons. The Hall–Kier alpha value is -2.65. The van der Waals surface area contributed by atoms with Gasteiger partial charge in [0.1, 0.15) is 12.1 Å². The van der Waals surface area contributed by atoms with Crippen LogP contribution in [0.1, 0.15) is 72.1 Å². The largest absolute Gasteiger partial charge is 0.450 e. The molecule has 1 aliphatic heterocycles. The highest BCUT2D eigenvalue weighted by Gasteiger charge is 2.69. The van der Waals surface area contributed by atoms with Crippen molar-refractivity contribution in [2.75, 3.05) is 13.2 Å². The summed E-state index contributed by atoms with van der Waals surface area (Å²) in [6.45, 7) is 6.48. The Labute approximate surface area is 212 Å². The fourth-order valence-corrected chi connectivity index (χ4v) is 6.49. The topological polar surface area (TPSA) is 148 Å². The molecule has 0 aromatic carbocycles. The Morgan fingerprint density at radius 1 is 1.03 bits per heavy atom. The van der Waals surface area contributed by atoms with E-state index < -0.39 is 41.8 Å². The molecule has 4 rings (SSSR count). The molecule has 1 saturated heterocycles. The lowest BCUT2D eigenvalue weighted by Crippen LogP contribution is -2.59. The van der Waals surface area contributed by atoms with E-state index in [1.165, 1.54) is 0 Å². The number of ketones is 1. The first kappa shape index (κ1) is 26.4. The average Bonchev–Trinajstić information content (AvgIpc) is 3.69. The van der Waals surface area contributed by atoms with Gasteiger partial charge in [0, 0.05) is 6.54 Å². The van der Waals surface area contributed by atoms with Crippen molar-refractivity contribution < 1.29 is 28.7 Å². The number of nitrogens with one attached hydrogen (secondary N) is 2. The van der Waals surface area contributed by atoms with Crippen LogP contribution in [0.2, 0.25) is 0 Å². The molecule has 3 aliphatic carbocycles. The van der Waals surface area contributed by atoms with E-state index in [2.05, 4.69) is 24.5 Å². The Morgan fingerprint density at radius 2 is 1.69 bits per heavy atom. The van der Waals surface area contributed by atoms with E-state index in [0.29, 0.717) is 13.0 Å². The van der Waals surface area contributed by atoms with Crippen LogP contribution in [0.3, 0.4) is 0 Å². The summed E-state index contributed by atoms with van der Waals surface area (Å²) >= 11 is 0. The molecular formula is C26H40N4O6. The fourth-order valence-electron chi connectivity index (χ4n) is 6.49. The molecule has 5 atom stereocenters. The number of amides is 4. The van der Waals surface area contributed by atoms with E-state index in [1.807, 2.05) is 0 Å². The van der Waals surface area contributed by atoms with Crippen LogP contribution >= 0.6 is 0 Å². The number of piperidine rings is 1. The molecule has 0 aromatic heterocycles. The van der Waals surface area contributed by atoms with Crippen molar-refractivity contribution in [2.24, 2.45) is 34.8 Å². The molecule has 4 N–H and O–H groups in total. The molecule has 3 saturated carbocycles. The zero-order chi connectivity index (χ0) is 26.2. The monoisotopic (exact) mass is 504 g/mol. The molecule has 0 bridgehead atoms. The number of carbonyl (C=O) groups excluding carboxylic acids is 5. The van der Waals surface area contributed by atoms with Crippen LogP contribution < -0.4 is 16.4 Å². The molecule has 4 fully saturated rings. The highest BCUT2D eigenvalue weighted by Crippen LogP contribution is 2.65. The highest BCUT2D eigenvalue weighted by molar-refractivity contribution is 6.37. The third-order valence-corrected chi connectivity index (χ3v) is 8.84. The Kier molecular flexibility index (Phi) is 7.61. The van der Waals surface area contributed by atoms with E-state index in [0.717, 1.165) is 44.9 Å². The predicted molar refractivity (Wildman–Crippen MR) is 130 cm³/mol.